The van der Waals surface area contributed by atoms with Crippen LogP contribution in [0.3, 0.4) is 0 Å². The summed E-state index contributed by atoms with van der Waals surface area (Å²) in [7, 11) is 2.64. The van der Waals surface area contributed by atoms with Gasteiger partial charge >= 0.3 is 6.36 Å². The number of rotatable bonds is 8. The summed E-state index contributed by atoms with van der Waals surface area (Å²) < 4.78 is 41.4. The molecule has 10 heteroatoms. The van der Waals surface area contributed by atoms with Crippen molar-refractivity contribution in [2.45, 2.75) is 69.7 Å². The van der Waals surface area contributed by atoms with Gasteiger partial charge in [0.05, 0.1) is 11.6 Å². The molecule has 0 fully saturated rings. The van der Waals surface area contributed by atoms with Crippen molar-refractivity contribution in [2.24, 2.45) is 4.99 Å². The predicted molar refractivity (Wildman–Crippen MR) is 156 cm³/mol. The van der Waals surface area contributed by atoms with Gasteiger partial charge in [0, 0.05) is 36.5 Å². The van der Waals surface area contributed by atoms with Crippen molar-refractivity contribution < 1.29 is 27.8 Å². The summed E-state index contributed by atoms with van der Waals surface area (Å²) in [4.78, 5) is 6.89. The molecule has 0 amide bonds. The Bertz CT molecular complexity index is 1090. The summed E-state index contributed by atoms with van der Waals surface area (Å²) in [5, 5.41) is 12.2. The molecule has 3 atom stereocenters. The first-order chi connectivity index (χ1) is 18.7. The number of methoxy groups -OCH3 is 1. The molecule has 1 aliphatic heterocycles. The Labute approximate surface area is 245 Å². The van der Waals surface area contributed by atoms with Gasteiger partial charge in [0.2, 0.25) is 0 Å². The number of nitrogens with zero attached hydrogens (tertiary/aromatic N) is 2. The van der Waals surface area contributed by atoms with Crippen LogP contribution in [0.25, 0.3) is 0 Å². The topological polar surface area (TPSA) is 54.3 Å². The molecular weight excluding hydrogens is 564 g/mol. The largest absolute Gasteiger partial charge is 0.522 e. The number of likely N-dealkylation sites (N-methyl/N-ethyl adjacent to an activating group) is 1. The summed E-state index contributed by atoms with van der Waals surface area (Å²) >= 11 is 12.6. The fraction of sp³-hybridized carbons (Fsp3) is 0.500. The van der Waals surface area contributed by atoms with Crippen LogP contribution in [0.1, 0.15) is 63.3 Å². The zero-order valence-electron chi connectivity index (χ0n) is 23.6. The highest BCUT2D eigenvalue weighted by Gasteiger charge is 2.36. The summed E-state index contributed by atoms with van der Waals surface area (Å²) in [5.74, 6) is 0. The molecule has 1 heterocycles. The van der Waals surface area contributed by atoms with Crippen molar-refractivity contribution in [3.63, 3.8) is 0 Å². The normalized spacial score (nSPS) is 21.6. The third-order valence-electron chi connectivity index (χ3n) is 6.58. The van der Waals surface area contributed by atoms with Crippen molar-refractivity contribution in [1.29, 1.82) is 0 Å². The first-order valence-electron chi connectivity index (χ1n) is 13.1. The molecule has 0 aromatic heterocycles. The lowest BCUT2D eigenvalue weighted by Crippen LogP contribution is -2.44. The van der Waals surface area contributed by atoms with E-state index in [4.69, 9.17) is 27.9 Å². The zero-order chi connectivity index (χ0) is 30.0. The van der Waals surface area contributed by atoms with E-state index in [1.807, 2.05) is 50.4 Å². The van der Waals surface area contributed by atoms with Gasteiger partial charge in [-0.15, -0.1) is 13.2 Å². The van der Waals surface area contributed by atoms with Gasteiger partial charge in [-0.3, -0.25) is 14.6 Å². The number of hydrogen-bond donors (Lipinski definition) is 1. The van der Waals surface area contributed by atoms with Gasteiger partial charge < -0.3 is 9.84 Å². The number of halogens is 5. The Kier molecular flexibility index (Phi) is 13.1. The van der Waals surface area contributed by atoms with Crippen LogP contribution in [-0.4, -0.2) is 61.0 Å². The van der Waals surface area contributed by atoms with Crippen molar-refractivity contribution in [3.05, 3.63) is 81.9 Å². The molecule has 0 spiro atoms. The number of benzene rings is 2. The van der Waals surface area contributed by atoms with E-state index in [-0.39, 0.29) is 12.1 Å². The summed E-state index contributed by atoms with van der Waals surface area (Å²) in [5.41, 5.74) is 0.532. The summed E-state index contributed by atoms with van der Waals surface area (Å²) in [6.45, 7) is 7.28. The summed E-state index contributed by atoms with van der Waals surface area (Å²) in [6, 6.07) is 15.5. The SMILES string of the molecule is CCC1(CCN(C)C(c2ccccc2)C(C)(C)O)C=NCC/C=C/C(c2cc(Cl)cc(Cl)c2)O1.COC(F)(F)F. The van der Waals surface area contributed by atoms with Crippen LogP contribution in [0.15, 0.2) is 65.7 Å². The van der Waals surface area contributed by atoms with E-state index in [0.29, 0.717) is 17.2 Å². The molecule has 2 aromatic carbocycles. The van der Waals surface area contributed by atoms with Crippen LogP contribution in [0, 0.1) is 0 Å². The fourth-order valence-corrected chi connectivity index (χ4v) is 5.19. The van der Waals surface area contributed by atoms with Gasteiger partial charge in [0.1, 0.15) is 11.7 Å². The maximum absolute atomic E-state index is 11.0. The Morgan fingerprint density at radius 2 is 1.75 bits per heavy atom. The van der Waals surface area contributed by atoms with E-state index < -0.39 is 17.6 Å². The van der Waals surface area contributed by atoms with E-state index in [1.165, 1.54) is 0 Å². The fourth-order valence-electron chi connectivity index (χ4n) is 4.65. The van der Waals surface area contributed by atoms with Crippen LogP contribution in [-0.2, 0) is 9.47 Å². The lowest BCUT2D eigenvalue weighted by Gasteiger charge is -2.40. The highest BCUT2D eigenvalue weighted by molar-refractivity contribution is 6.34. The Morgan fingerprint density at radius 1 is 1.15 bits per heavy atom. The Balaban J connectivity index is 0.000000840. The van der Waals surface area contributed by atoms with Gasteiger partial charge in [-0.2, -0.15) is 0 Å². The number of ether oxygens (including phenoxy) is 2. The first-order valence-corrected chi connectivity index (χ1v) is 13.9. The minimum atomic E-state index is -4.46. The summed E-state index contributed by atoms with van der Waals surface area (Å²) in [6.07, 6.45) is 3.75. The third-order valence-corrected chi connectivity index (χ3v) is 7.02. The van der Waals surface area contributed by atoms with Crippen LogP contribution in [0.4, 0.5) is 13.2 Å². The molecule has 1 aliphatic rings. The van der Waals surface area contributed by atoms with Gasteiger partial charge in [0.25, 0.3) is 0 Å². The van der Waals surface area contributed by atoms with Crippen molar-refractivity contribution >= 4 is 29.4 Å². The lowest BCUT2D eigenvalue weighted by molar-refractivity contribution is -0.311. The van der Waals surface area contributed by atoms with E-state index in [1.54, 1.807) is 6.07 Å². The van der Waals surface area contributed by atoms with E-state index >= 15 is 0 Å². The molecule has 222 valence electrons. The lowest BCUT2D eigenvalue weighted by atomic mass is 9.89. The van der Waals surface area contributed by atoms with Crippen LogP contribution < -0.4 is 0 Å². The van der Waals surface area contributed by atoms with Crippen molar-refractivity contribution in [3.8, 4) is 0 Å². The minimum Gasteiger partial charge on any atom is -0.388 e. The van der Waals surface area contributed by atoms with Crippen molar-refractivity contribution in [1.82, 2.24) is 4.90 Å². The standard InChI is InChI=1S/C28H36Cl2N2O2.C2H3F3O/c1-5-28(14-16-32(4)26(27(2,3)33)21-11-7-6-8-12-21)20-31-15-10-9-13-25(34-28)22-17-23(29)19-24(30)18-22;1-6-2(3,4)5/h6-9,11-13,17-20,25-26,33H,5,10,14-16H2,1-4H3;1H3/b13-9+,31-20?;. The van der Waals surface area contributed by atoms with Gasteiger partial charge in [-0.1, -0.05) is 72.6 Å². The molecular formula is C30H39Cl2F3N2O3. The molecule has 0 aliphatic carbocycles. The molecule has 1 N–H and O–H groups in total. The van der Waals surface area contributed by atoms with Gasteiger partial charge in [-0.05, 0) is 69.5 Å². The number of hydrogen-bond acceptors (Lipinski definition) is 5. The van der Waals surface area contributed by atoms with Gasteiger partial charge in [-0.25, -0.2) is 0 Å². The smallest absolute Gasteiger partial charge is 0.388 e. The monoisotopic (exact) mass is 602 g/mol. The Morgan fingerprint density at radius 3 is 2.27 bits per heavy atom. The van der Waals surface area contributed by atoms with Gasteiger partial charge in [0.15, 0.2) is 0 Å². The van der Waals surface area contributed by atoms with E-state index in [0.717, 1.165) is 43.5 Å². The molecule has 0 bridgehead atoms. The quantitative estimate of drug-likeness (QED) is 0.309. The first kappa shape index (κ1) is 34.3. The molecule has 3 unspecified atom stereocenters. The maximum atomic E-state index is 11.0. The second-order valence-corrected chi connectivity index (χ2v) is 11.1. The second-order valence-electron chi connectivity index (χ2n) is 10.3. The predicted octanol–water partition coefficient (Wildman–Crippen LogP) is 8.22. The molecule has 40 heavy (non-hydrogen) atoms. The molecule has 2 aromatic rings. The Hall–Kier alpha value is -1.94. The molecule has 3 rings (SSSR count). The number of alkyl halides is 3. The molecule has 5 nitrogen and oxygen atoms in total. The highest BCUT2D eigenvalue weighted by Crippen LogP contribution is 2.35. The highest BCUT2D eigenvalue weighted by atomic mass is 35.5. The van der Waals surface area contributed by atoms with E-state index in [2.05, 4.69) is 52.9 Å². The number of aliphatic hydroxyl groups is 1. The van der Waals surface area contributed by atoms with Crippen LogP contribution >= 0.6 is 23.2 Å². The molecule has 0 saturated carbocycles. The minimum absolute atomic E-state index is 0.154. The average Bonchev–Trinajstić information content (AvgIpc) is 2.98. The third kappa shape index (κ3) is 11.1. The van der Waals surface area contributed by atoms with Crippen molar-refractivity contribution in [2.75, 3.05) is 27.2 Å². The molecule has 0 saturated heterocycles. The average molecular weight is 604 g/mol. The van der Waals surface area contributed by atoms with E-state index in [9.17, 15) is 18.3 Å². The molecule has 0 radical (unpaired) electrons. The van der Waals surface area contributed by atoms with Crippen LogP contribution in [0.5, 0.6) is 0 Å². The second kappa shape index (κ2) is 15.3. The zero-order valence-corrected chi connectivity index (χ0v) is 25.1. The maximum Gasteiger partial charge on any atom is 0.522 e. The number of aliphatic imine (C=N–C) groups is 1. The van der Waals surface area contributed by atoms with Crippen LogP contribution in [0.2, 0.25) is 10.0 Å².